The van der Waals surface area contributed by atoms with E-state index >= 15 is 0 Å². The molecule has 0 fully saturated rings. The van der Waals surface area contributed by atoms with Gasteiger partial charge in [-0.2, -0.15) is 4.31 Å². The van der Waals surface area contributed by atoms with Crippen molar-refractivity contribution in [1.29, 1.82) is 0 Å². The van der Waals surface area contributed by atoms with Gasteiger partial charge in [0.1, 0.15) is 16.6 Å². The van der Waals surface area contributed by atoms with Gasteiger partial charge < -0.3 is 4.74 Å². The molecular weight excluding hydrogens is 408 g/mol. The van der Waals surface area contributed by atoms with Gasteiger partial charge in [-0.15, -0.1) is 17.9 Å². The molecular formula is C17H22N2O5S3. The second-order valence-electron chi connectivity index (χ2n) is 5.69. The molecule has 0 spiro atoms. The van der Waals surface area contributed by atoms with E-state index in [2.05, 4.69) is 6.58 Å². The van der Waals surface area contributed by atoms with Crippen LogP contribution in [0.15, 0.2) is 63.5 Å². The van der Waals surface area contributed by atoms with Gasteiger partial charge >= 0.3 is 0 Å². The third-order valence-corrected chi connectivity index (χ3v) is 8.70. The maximum Gasteiger partial charge on any atom is 0.252 e. The van der Waals surface area contributed by atoms with Crippen LogP contribution in [0.5, 0.6) is 5.75 Å². The van der Waals surface area contributed by atoms with Crippen LogP contribution in [0.4, 0.5) is 0 Å². The molecule has 148 valence electrons. The van der Waals surface area contributed by atoms with Crippen molar-refractivity contribution < 1.29 is 21.6 Å². The van der Waals surface area contributed by atoms with E-state index in [0.717, 1.165) is 15.6 Å². The Bertz CT molecular complexity index is 951. The first-order chi connectivity index (χ1) is 12.7. The van der Waals surface area contributed by atoms with Gasteiger partial charge in [-0.25, -0.2) is 21.1 Å². The summed E-state index contributed by atoms with van der Waals surface area (Å²) in [5.74, 6) is 0.458. The fraction of sp³-hybridized carbons (Fsp3) is 0.294. The first kappa shape index (κ1) is 21.6. The molecule has 0 radical (unpaired) electrons. The highest BCUT2D eigenvalue weighted by atomic mass is 32.2. The second-order valence-corrected chi connectivity index (χ2v) is 11.0. The summed E-state index contributed by atoms with van der Waals surface area (Å²) in [6.07, 6.45) is 1.52. The van der Waals surface area contributed by atoms with Crippen molar-refractivity contribution in [2.75, 3.05) is 33.8 Å². The average molecular weight is 431 g/mol. The summed E-state index contributed by atoms with van der Waals surface area (Å²) in [4.78, 5) is 0.161. The lowest BCUT2D eigenvalue weighted by Gasteiger charge is -2.20. The van der Waals surface area contributed by atoms with E-state index in [9.17, 15) is 16.8 Å². The SMILES string of the molecule is C=CCN(CCOc1ccc(S(=O)(=O)N(C)C)cc1)S(=O)(=O)c1cccs1. The number of ether oxygens (including phenoxy) is 1. The Kier molecular flexibility index (Phi) is 7.18. The van der Waals surface area contributed by atoms with Crippen LogP contribution in [0.25, 0.3) is 0 Å². The zero-order chi connectivity index (χ0) is 20.1. The number of nitrogens with zero attached hydrogens (tertiary/aromatic N) is 2. The molecule has 0 amide bonds. The maximum atomic E-state index is 12.6. The van der Waals surface area contributed by atoms with Crippen molar-refractivity contribution in [2.45, 2.75) is 9.10 Å². The molecule has 2 rings (SSSR count). The highest BCUT2D eigenvalue weighted by Gasteiger charge is 2.24. The maximum absolute atomic E-state index is 12.6. The third kappa shape index (κ3) is 5.17. The number of hydrogen-bond donors (Lipinski definition) is 0. The Morgan fingerprint density at radius 1 is 1.07 bits per heavy atom. The number of rotatable bonds is 10. The summed E-state index contributed by atoms with van der Waals surface area (Å²) in [5.41, 5.74) is 0. The van der Waals surface area contributed by atoms with Gasteiger partial charge in [0.05, 0.1) is 4.90 Å². The van der Waals surface area contributed by atoms with Crippen LogP contribution in [0, 0.1) is 0 Å². The standard InChI is InChI=1S/C17H22N2O5S3/c1-4-11-19(27(22,23)17-6-5-14-25-17)12-13-24-15-7-9-16(10-8-15)26(20,21)18(2)3/h4-10,14H,1,11-13H2,2-3H3. The molecule has 7 nitrogen and oxygen atoms in total. The van der Waals surface area contributed by atoms with Crippen LogP contribution in [-0.2, 0) is 20.0 Å². The van der Waals surface area contributed by atoms with Crippen LogP contribution in [0.3, 0.4) is 0 Å². The minimum atomic E-state index is -3.59. The molecule has 2 aromatic rings. The molecule has 0 bridgehead atoms. The highest BCUT2D eigenvalue weighted by molar-refractivity contribution is 7.91. The third-order valence-electron chi connectivity index (χ3n) is 3.63. The van der Waals surface area contributed by atoms with Gasteiger partial charge in [-0.3, -0.25) is 0 Å². The first-order valence-electron chi connectivity index (χ1n) is 7.99. The van der Waals surface area contributed by atoms with E-state index in [1.165, 1.54) is 36.6 Å². The van der Waals surface area contributed by atoms with Crippen LogP contribution < -0.4 is 4.74 Å². The Morgan fingerprint density at radius 3 is 2.26 bits per heavy atom. The van der Waals surface area contributed by atoms with E-state index < -0.39 is 20.0 Å². The quantitative estimate of drug-likeness (QED) is 0.540. The summed E-state index contributed by atoms with van der Waals surface area (Å²) in [6, 6.07) is 9.23. The van der Waals surface area contributed by atoms with Crippen molar-refractivity contribution in [3.8, 4) is 5.75 Å². The van der Waals surface area contributed by atoms with Gasteiger partial charge in [0, 0.05) is 27.2 Å². The minimum Gasteiger partial charge on any atom is -0.492 e. The van der Waals surface area contributed by atoms with Crippen LogP contribution in [0.2, 0.25) is 0 Å². The van der Waals surface area contributed by atoms with Gasteiger partial charge in [-0.1, -0.05) is 12.1 Å². The topological polar surface area (TPSA) is 84.0 Å². The first-order valence-corrected chi connectivity index (χ1v) is 11.8. The van der Waals surface area contributed by atoms with Gasteiger partial charge in [0.25, 0.3) is 10.0 Å². The molecule has 10 heteroatoms. The average Bonchev–Trinajstić information content (AvgIpc) is 3.17. The zero-order valence-electron chi connectivity index (χ0n) is 15.1. The lowest BCUT2D eigenvalue weighted by molar-refractivity contribution is 0.280. The van der Waals surface area contributed by atoms with Crippen molar-refractivity contribution in [2.24, 2.45) is 0 Å². The van der Waals surface area contributed by atoms with Crippen molar-refractivity contribution in [3.05, 3.63) is 54.4 Å². The Morgan fingerprint density at radius 2 is 1.74 bits per heavy atom. The largest absolute Gasteiger partial charge is 0.492 e. The van der Waals surface area contributed by atoms with Gasteiger partial charge in [-0.05, 0) is 35.7 Å². The molecule has 0 atom stereocenters. The lowest BCUT2D eigenvalue weighted by Crippen LogP contribution is -2.34. The van der Waals surface area contributed by atoms with Crippen molar-refractivity contribution in [1.82, 2.24) is 8.61 Å². The molecule has 0 aliphatic rings. The van der Waals surface area contributed by atoms with E-state index in [0.29, 0.717) is 5.75 Å². The van der Waals surface area contributed by atoms with Gasteiger partial charge in [0.2, 0.25) is 10.0 Å². The smallest absolute Gasteiger partial charge is 0.252 e. The van der Waals surface area contributed by atoms with Gasteiger partial charge in [0.15, 0.2) is 0 Å². The summed E-state index contributed by atoms with van der Waals surface area (Å²) >= 11 is 1.15. The highest BCUT2D eigenvalue weighted by Crippen LogP contribution is 2.21. The Hall–Kier alpha value is -1.72. The molecule has 0 N–H and O–H groups in total. The summed E-state index contributed by atoms with van der Waals surface area (Å²) < 4.78 is 57.6. The van der Waals surface area contributed by atoms with Crippen LogP contribution >= 0.6 is 11.3 Å². The van der Waals surface area contributed by atoms with Crippen molar-refractivity contribution in [3.63, 3.8) is 0 Å². The molecule has 1 aromatic carbocycles. The number of hydrogen-bond acceptors (Lipinski definition) is 6. The molecule has 1 heterocycles. The number of benzene rings is 1. The van der Waals surface area contributed by atoms with Crippen LogP contribution in [0.1, 0.15) is 0 Å². The molecule has 0 saturated heterocycles. The van der Waals surface area contributed by atoms with E-state index in [1.54, 1.807) is 29.6 Å². The summed E-state index contributed by atoms with van der Waals surface area (Å²) in [5, 5.41) is 1.71. The van der Waals surface area contributed by atoms with E-state index in [-0.39, 0.29) is 28.8 Å². The zero-order valence-corrected chi connectivity index (χ0v) is 17.6. The van der Waals surface area contributed by atoms with Crippen molar-refractivity contribution >= 4 is 31.4 Å². The molecule has 0 aliphatic heterocycles. The lowest BCUT2D eigenvalue weighted by atomic mass is 10.3. The van der Waals surface area contributed by atoms with Crippen LogP contribution in [-0.4, -0.2) is 59.2 Å². The predicted octanol–water partition coefficient (Wildman–Crippen LogP) is 2.25. The van der Waals surface area contributed by atoms with E-state index in [1.807, 2.05) is 0 Å². The fourth-order valence-electron chi connectivity index (χ4n) is 2.18. The molecule has 0 aliphatic carbocycles. The molecule has 0 unspecified atom stereocenters. The number of sulfonamides is 2. The minimum absolute atomic E-state index is 0.123. The normalized spacial score (nSPS) is 12.4. The predicted molar refractivity (Wildman–Crippen MR) is 106 cm³/mol. The monoisotopic (exact) mass is 430 g/mol. The summed E-state index contributed by atoms with van der Waals surface area (Å²) in [6.45, 7) is 4.04. The second kappa shape index (κ2) is 8.98. The molecule has 0 saturated carbocycles. The summed E-state index contributed by atoms with van der Waals surface area (Å²) in [7, 11) is -4.17. The van der Waals surface area contributed by atoms with E-state index in [4.69, 9.17) is 4.74 Å². The Labute approximate surface area is 164 Å². The fourth-order valence-corrected chi connectivity index (χ4v) is 5.62. The molecule has 1 aromatic heterocycles. The Balaban J connectivity index is 2.02. The molecule has 27 heavy (non-hydrogen) atoms. The number of thiophene rings is 1.